The number of ether oxygens (including phenoxy) is 4. The van der Waals surface area contributed by atoms with Crippen LogP contribution in [0.2, 0.25) is 0 Å². The first-order valence-corrected chi connectivity index (χ1v) is 23.4. The van der Waals surface area contributed by atoms with Gasteiger partial charge >= 0.3 is 23.9 Å². The first kappa shape index (κ1) is 62.9. The van der Waals surface area contributed by atoms with Gasteiger partial charge in [-0.2, -0.15) is 0 Å². The van der Waals surface area contributed by atoms with E-state index in [1.54, 1.807) is 12.1 Å². The number of aromatic hydroxyl groups is 2. The largest absolute Gasteiger partial charge is 0.508 e. The van der Waals surface area contributed by atoms with E-state index >= 15 is 0 Å². The van der Waals surface area contributed by atoms with Crippen LogP contribution in [-0.2, 0) is 53.8 Å². The fourth-order valence-corrected chi connectivity index (χ4v) is 6.19. The summed E-state index contributed by atoms with van der Waals surface area (Å²) in [6.07, 6.45) is 19.5. The molecular formula is C49H90O13. The van der Waals surface area contributed by atoms with Crippen molar-refractivity contribution in [3.63, 3.8) is 0 Å². The lowest BCUT2D eigenvalue weighted by molar-refractivity contribution is -0.242. The van der Waals surface area contributed by atoms with Gasteiger partial charge in [0.25, 0.3) is 0 Å². The maximum atomic E-state index is 12.1. The first-order valence-electron chi connectivity index (χ1n) is 23.4. The number of carbonyl (C=O) groups excluding carboxylic acids is 4. The number of aliphatic hydroxyl groups excluding tert-OH is 1. The van der Waals surface area contributed by atoms with E-state index in [9.17, 15) is 29.4 Å². The van der Waals surface area contributed by atoms with Crippen molar-refractivity contribution in [3.05, 3.63) is 23.3 Å². The summed E-state index contributed by atoms with van der Waals surface area (Å²) in [5.41, 5.74) is 0.474. The van der Waals surface area contributed by atoms with Crippen LogP contribution in [0, 0.1) is 0 Å². The van der Waals surface area contributed by atoms with Gasteiger partial charge < -0.3 is 34.3 Å². The van der Waals surface area contributed by atoms with E-state index in [0.717, 1.165) is 70.6 Å². The van der Waals surface area contributed by atoms with Crippen molar-refractivity contribution in [2.45, 2.75) is 214 Å². The van der Waals surface area contributed by atoms with Gasteiger partial charge in [-0.05, 0) is 87.2 Å². The van der Waals surface area contributed by atoms with Crippen LogP contribution in [-0.4, -0.2) is 85.1 Å². The van der Waals surface area contributed by atoms with Crippen molar-refractivity contribution in [1.82, 2.24) is 0 Å². The number of methoxy groups -OCH3 is 2. The molecule has 0 unspecified atom stereocenters. The van der Waals surface area contributed by atoms with Gasteiger partial charge in [0.15, 0.2) is 0 Å². The molecule has 0 amide bonds. The highest BCUT2D eigenvalue weighted by Gasteiger charge is 2.30. The Bertz CT molecular complexity index is 1170. The van der Waals surface area contributed by atoms with Gasteiger partial charge in [-0.3, -0.25) is 24.4 Å². The molecule has 0 aromatic heterocycles. The second kappa shape index (κ2) is 41.6. The van der Waals surface area contributed by atoms with Crippen molar-refractivity contribution in [2.24, 2.45) is 0 Å². The molecule has 0 aliphatic rings. The summed E-state index contributed by atoms with van der Waals surface area (Å²) in [6, 6.07) is 3.31. The van der Waals surface area contributed by atoms with E-state index in [0.29, 0.717) is 102 Å². The molecule has 62 heavy (non-hydrogen) atoms. The topological polar surface area (TPSA) is 195 Å². The molecule has 364 valence electrons. The van der Waals surface area contributed by atoms with Gasteiger partial charge in [-0.25, -0.2) is 4.89 Å². The normalized spacial score (nSPS) is 10.8. The molecule has 0 fully saturated rings. The molecule has 0 bridgehead atoms. The molecule has 0 spiro atoms. The lowest BCUT2D eigenvalue weighted by atomic mass is 9.75. The molecule has 13 nitrogen and oxygen atoms in total. The van der Waals surface area contributed by atoms with Gasteiger partial charge in [0, 0.05) is 43.4 Å². The van der Waals surface area contributed by atoms with E-state index in [2.05, 4.69) is 35.1 Å². The van der Waals surface area contributed by atoms with Crippen LogP contribution >= 0.6 is 0 Å². The summed E-state index contributed by atoms with van der Waals surface area (Å²) in [7, 11) is 2.70. The van der Waals surface area contributed by atoms with E-state index < -0.39 is 10.8 Å². The number of esters is 4. The third kappa shape index (κ3) is 36.1. The van der Waals surface area contributed by atoms with E-state index in [4.69, 9.17) is 19.8 Å². The van der Waals surface area contributed by atoms with Crippen molar-refractivity contribution in [2.75, 3.05) is 40.6 Å². The molecule has 1 aromatic carbocycles. The molecule has 0 saturated heterocycles. The fraction of sp³-hybridized carbons (Fsp3) is 0.796. The third-order valence-corrected chi connectivity index (χ3v) is 10.2. The summed E-state index contributed by atoms with van der Waals surface area (Å²) < 4.78 is 19.5. The van der Waals surface area contributed by atoms with Gasteiger partial charge in [-0.15, -0.1) is 0 Å². The second-order valence-electron chi connectivity index (χ2n) is 16.9. The molecule has 0 heterocycles. The molecule has 0 aliphatic heterocycles. The average Bonchev–Trinajstić information content (AvgIpc) is 3.24. The molecule has 0 saturated carbocycles. The first-order chi connectivity index (χ1) is 29.5. The number of unbranched alkanes of at least 4 members (excludes halogenated alkanes) is 10. The van der Waals surface area contributed by atoms with Crippen molar-refractivity contribution >= 4 is 23.9 Å². The lowest BCUT2D eigenvalue weighted by Crippen LogP contribution is -2.21. The van der Waals surface area contributed by atoms with Gasteiger partial charge in [0.1, 0.15) is 11.5 Å². The predicted octanol–water partition coefficient (Wildman–Crippen LogP) is 11.6. The van der Waals surface area contributed by atoms with Crippen LogP contribution in [0.5, 0.6) is 11.5 Å². The third-order valence-electron chi connectivity index (χ3n) is 10.2. The minimum absolute atomic E-state index is 0.140. The SMILES string of the molecule is CCCCCCOC(=O)CCCC(C)(C)c1cc(O)c(C(C)(C)CCCC(=O)OCCCCCC)cc1O.CCCCCCOO.CCCO.COC(=O)CCCCC(=O)OC. The summed E-state index contributed by atoms with van der Waals surface area (Å²) >= 11 is 0. The Morgan fingerprint density at radius 3 is 1.10 bits per heavy atom. The fourth-order valence-electron chi connectivity index (χ4n) is 6.19. The van der Waals surface area contributed by atoms with Gasteiger partial charge in [-0.1, -0.05) is 113 Å². The maximum absolute atomic E-state index is 12.1. The van der Waals surface area contributed by atoms with Crippen molar-refractivity contribution < 1.29 is 63.6 Å². The Morgan fingerprint density at radius 1 is 0.484 bits per heavy atom. The zero-order valence-corrected chi connectivity index (χ0v) is 40.7. The minimum Gasteiger partial charge on any atom is -0.508 e. The molecule has 0 aliphatic carbocycles. The quantitative estimate of drug-likeness (QED) is 0.0137. The van der Waals surface area contributed by atoms with Crippen LogP contribution < -0.4 is 0 Å². The molecule has 1 aromatic rings. The minimum atomic E-state index is -0.424. The number of benzene rings is 1. The second-order valence-corrected chi connectivity index (χ2v) is 16.9. The number of phenols is 2. The Morgan fingerprint density at radius 2 is 0.806 bits per heavy atom. The van der Waals surface area contributed by atoms with Crippen molar-refractivity contribution in [3.8, 4) is 11.5 Å². The maximum Gasteiger partial charge on any atom is 0.305 e. The van der Waals surface area contributed by atoms with Crippen molar-refractivity contribution in [1.29, 1.82) is 0 Å². The molecule has 0 atom stereocenters. The summed E-state index contributed by atoms with van der Waals surface area (Å²) in [6.45, 7) is 18.2. The van der Waals surface area contributed by atoms with E-state index in [1.807, 2.05) is 34.6 Å². The van der Waals surface area contributed by atoms with Crippen LogP contribution in [0.4, 0.5) is 0 Å². The Hall–Kier alpha value is -3.42. The number of rotatable bonds is 31. The standard InChI is InChI=1S/C32H54O6.C8H14O4.C6H14O2.C3H8O/c1-7-9-11-13-21-37-29(35)17-15-19-31(3,4)25-23-28(34)26(24-27(25)33)32(5,6)20-16-18-30(36)38-22-14-12-10-8-2;1-11-7(9)5-3-4-6-8(10)12-2;1-2-3-4-5-6-8-7;1-2-3-4/h23-24,33-34H,7-22H2,1-6H3;3-6H2,1-2H3;7H,2-6H2,1H3;4H,2-3H2,1H3. The highest BCUT2D eigenvalue weighted by atomic mass is 17.1. The lowest BCUT2D eigenvalue weighted by Gasteiger charge is -2.30. The van der Waals surface area contributed by atoms with E-state index in [-0.39, 0.29) is 35.4 Å². The zero-order chi connectivity index (χ0) is 47.7. The predicted molar refractivity (Wildman–Crippen MR) is 246 cm³/mol. The number of aliphatic hydroxyl groups is 1. The van der Waals surface area contributed by atoms with Crippen LogP contribution in [0.1, 0.15) is 214 Å². The van der Waals surface area contributed by atoms with Crippen LogP contribution in [0.3, 0.4) is 0 Å². The average molecular weight is 887 g/mol. The number of phenolic OH excluding ortho intramolecular Hbond substituents is 2. The van der Waals surface area contributed by atoms with Gasteiger partial charge in [0.05, 0.1) is 34.0 Å². The summed E-state index contributed by atoms with van der Waals surface area (Å²) in [5.74, 6) is -0.551. The number of hydrogen-bond acceptors (Lipinski definition) is 13. The Labute approximate surface area is 375 Å². The van der Waals surface area contributed by atoms with Crippen LogP contribution in [0.25, 0.3) is 0 Å². The Balaban J connectivity index is -0.00000117. The zero-order valence-electron chi connectivity index (χ0n) is 40.7. The molecule has 13 heteroatoms. The molecule has 1 rings (SSSR count). The van der Waals surface area contributed by atoms with Crippen LogP contribution in [0.15, 0.2) is 12.1 Å². The number of hydrogen-bond donors (Lipinski definition) is 4. The highest BCUT2D eigenvalue weighted by molar-refractivity contribution is 5.70. The number of carbonyl (C=O) groups is 4. The highest BCUT2D eigenvalue weighted by Crippen LogP contribution is 2.43. The monoisotopic (exact) mass is 887 g/mol. The van der Waals surface area contributed by atoms with E-state index in [1.165, 1.54) is 27.1 Å². The summed E-state index contributed by atoms with van der Waals surface area (Å²) in [5, 5.41) is 37.6. The van der Waals surface area contributed by atoms with Gasteiger partial charge in [0.2, 0.25) is 0 Å². The Kier molecular flexibility index (Phi) is 42.2. The molecule has 0 radical (unpaired) electrons. The smallest absolute Gasteiger partial charge is 0.305 e. The molecule has 4 N–H and O–H groups in total. The summed E-state index contributed by atoms with van der Waals surface area (Å²) in [4.78, 5) is 49.2. The molecular weight excluding hydrogens is 797 g/mol.